The van der Waals surface area contributed by atoms with Crippen LogP contribution in [-0.4, -0.2) is 33.1 Å². The molecule has 35 heavy (non-hydrogen) atoms. The zero-order valence-electron chi connectivity index (χ0n) is 21.4. The summed E-state index contributed by atoms with van der Waals surface area (Å²) in [5.41, 5.74) is 1.81. The van der Waals surface area contributed by atoms with Gasteiger partial charge in [0, 0.05) is 34.3 Å². The van der Waals surface area contributed by atoms with Crippen LogP contribution in [0.2, 0.25) is 8.87 Å². The quantitative estimate of drug-likeness (QED) is 0.193. The predicted molar refractivity (Wildman–Crippen MR) is 150 cm³/mol. The Morgan fingerprint density at radius 1 is 0.714 bits per heavy atom. The minimum absolute atomic E-state index is 0.149. The van der Waals surface area contributed by atoms with Gasteiger partial charge in [-0.05, 0) is 11.1 Å². The maximum absolute atomic E-state index is 10.6. The van der Waals surface area contributed by atoms with Gasteiger partial charge in [-0.3, -0.25) is 0 Å². The first-order valence-corrected chi connectivity index (χ1v) is 17.3. The van der Waals surface area contributed by atoms with Gasteiger partial charge in [0.15, 0.2) is 0 Å². The number of benzene rings is 2. The fourth-order valence-corrected chi connectivity index (χ4v) is 7.61. The van der Waals surface area contributed by atoms with E-state index in [1.807, 2.05) is 60.7 Å². The van der Waals surface area contributed by atoms with Crippen molar-refractivity contribution in [3.05, 3.63) is 71.8 Å². The molecule has 4 nitrogen and oxygen atoms in total. The molecule has 2 aromatic carbocycles. The summed E-state index contributed by atoms with van der Waals surface area (Å²) < 4.78 is 3.25. The van der Waals surface area contributed by atoms with Crippen LogP contribution in [0.25, 0.3) is 0 Å². The van der Waals surface area contributed by atoms with Gasteiger partial charge < -0.3 is 19.8 Å². The van der Waals surface area contributed by atoms with Crippen LogP contribution in [0.5, 0.6) is 0 Å². The summed E-state index contributed by atoms with van der Waals surface area (Å²) in [6, 6.07) is 18.6. The van der Waals surface area contributed by atoms with Crippen LogP contribution in [0.15, 0.2) is 60.7 Å². The van der Waals surface area contributed by atoms with E-state index in [9.17, 15) is 19.8 Å². The number of unbranched alkanes of at least 4 members (excludes halogenated alkanes) is 2. The number of carbonyl (C=O) groups excluding carboxylic acids is 2. The number of carboxylic acids is 2. The summed E-state index contributed by atoms with van der Waals surface area (Å²) >= 11 is 8.62. The Hall–Kier alpha value is -1.12. The van der Waals surface area contributed by atoms with Gasteiger partial charge in [-0.25, -0.2) is 0 Å². The van der Waals surface area contributed by atoms with Gasteiger partial charge in [0.25, 0.3) is 0 Å². The summed E-state index contributed by atoms with van der Waals surface area (Å²) in [5, 5.41) is 20.5. The zero-order chi connectivity index (χ0) is 26.6. The van der Waals surface area contributed by atoms with Crippen LogP contribution in [0, 0.1) is 11.8 Å². The summed E-state index contributed by atoms with van der Waals surface area (Å²) in [4.78, 5) is 21.1. The Labute approximate surface area is 233 Å². The molecule has 0 aromatic heterocycles. The first-order chi connectivity index (χ1) is 16.7. The van der Waals surface area contributed by atoms with Crippen molar-refractivity contribution < 1.29 is 19.8 Å². The van der Waals surface area contributed by atoms with Crippen LogP contribution >= 0.6 is 25.3 Å². The number of thiol groups is 2. The first kappa shape index (κ1) is 33.9. The van der Waals surface area contributed by atoms with Crippen molar-refractivity contribution in [2.24, 2.45) is 11.8 Å². The Kier molecular flexibility index (Phi) is 20.3. The SMILES string of the molecule is CC(C(=O)[O-])C(S)c1ccccc1.CC(C(=O)[O-])C(S)c1ccccc1.CCC[CH2][Sn+2][CH2]CCC. The van der Waals surface area contributed by atoms with Gasteiger partial charge in [-0.15, -0.1) is 0 Å². The van der Waals surface area contributed by atoms with E-state index in [0.717, 1.165) is 11.1 Å². The van der Waals surface area contributed by atoms with E-state index in [2.05, 4.69) is 39.1 Å². The second-order valence-corrected chi connectivity index (χ2v) is 13.8. The molecule has 0 saturated heterocycles. The van der Waals surface area contributed by atoms with Gasteiger partial charge in [-0.2, -0.15) is 25.3 Å². The topological polar surface area (TPSA) is 80.3 Å². The molecular weight excluding hydrogens is 583 g/mol. The normalized spacial score (nSPS) is 13.4. The average Bonchev–Trinajstić information content (AvgIpc) is 2.88. The Balaban J connectivity index is 0.000000506. The molecule has 0 aliphatic heterocycles. The number of rotatable bonds is 12. The molecule has 2 aromatic rings. The van der Waals surface area contributed by atoms with E-state index in [-0.39, 0.29) is 31.6 Å². The molecule has 192 valence electrons. The molecule has 0 aliphatic rings. The molecule has 4 atom stereocenters. The molecule has 0 amide bonds. The van der Waals surface area contributed by atoms with Gasteiger partial charge in [-0.1, -0.05) is 74.5 Å². The minimum atomic E-state index is -1.07. The monoisotopic (exact) mass is 624 g/mol. The fourth-order valence-electron chi connectivity index (χ4n) is 2.86. The van der Waals surface area contributed by atoms with Gasteiger partial charge in [0.1, 0.15) is 0 Å². The molecule has 2 rings (SSSR count). The van der Waals surface area contributed by atoms with Crippen molar-refractivity contribution in [2.75, 3.05) is 0 Å². The summed E-state index contributed by atoms with van der Waals surface area (Å²) in [6.07, 6.45) is 5.84. The molecule has 7 heteroatoms. The fraction of sp³-hybridized carbons (Fsp3) is 0.500. The van der Waals surface area contributed by atoms with Crippen LogP contribution in [0.4, 0.5) is 0 Å². The van der Waals surface area contributed by atoms with Crippen LogP contribution < -0.4 is 10.2 Å². The van der Waals surface area contributed by atoms with Crippen molar-refractivity contribution in [3.8, 4) is 0 Å². The predicted octanol–water partition coefficient (Wildman–Crippen LogP) is 5.21. The van der Waals surface area contributed by atoms with E-state index in [4.69, 9.17) is 0 Å². The number of carboxylic acid groups (broad SMARTS) is 2. The molecular formula is C28H40O4S2Sn. The van der Waals surface area contributed by atoms with Crippen molar-refractivity contribution in [1.82, 2.24) is 0 Å². The van der Waals surface area contributed by atoms with Crippen molar-refractivity contribution in [1.29, 1.82) is 0 Å². The van der Waals surface area contributed by atoms with Gasteiger partial charge in [0.2, 0.25) is 0 Å². The molecule has 0 spiro atoms. The third-order valence-corrected chi connectivity index (χ3v) is 10.9. The molecule has 0 N–H and O–H groups in total. The van der Waals surface area contributed by atoms with Crippen molar-refractivity contribution in [2.45, 2.75) is 72.8 Å². The van der Waals surface area contributed by atoms with Crippen molar-refractivity contribution >= 4 is 58.3 Å². The third kappa shape index (κ3) is 15.6. The number of hydrogen-bond donors (Lipinski definition) is 2. The molecule has 0 heterocycles. The zero-order valence-corrected chi connectivity index (χ0v) is 26.0. The standard InChI is InChI=1S/2C10H12O2S.2C4H9.Sn/c2*1-7(10(11)12)9(13)8-5-3-2-4-6-8;2*1-3-4-2;/h2*2-7,9,13H,1H3,(H,11,12);2*1,3-4H2,2H3;/q;;;;+2/p-2. The molecule has 0 fully saturated rings. The maximum atomic E-state index is 10.6. The molecule has 0 radical (unpaired) electrons. The molecule has 0 saturated carbocycles. The molecule has 0 aliphatic carbocycles. The number of aliphatic carboxylic acids is 2. The third-order valence-electron chi connectivity index (χ3n) is 5.39. The van der Waals surface area contributed by atoms with E-state index in [1.165, 1.54) is 25.7 Å². The van der Waals surface area contributed by atoms with E-state index in [0.29, 0.717) is 0 Å². The molecule has 4 unspecified atom stereocenters. The molecule has 0 bridgehead atoms. The van der Waals surface area contributed by atoms with Crippen LogP contribution in [-0.2, 0) is 9.59 Å². The Bertz CT molecular complexity index is 738. The Morgan fingerprint density at radius 3 is 1.29 bits per heavy atom. The van der Waals surface area contributed by atoms with E-state index in [1.54, 1.807) is 22.7 Å². The number of hydrogen-bond acceptors (Lipinski definition) is 6. The number of carbonyl (C=O) groups is 2. The van der Waals surface area contributed by atoms with Crippen LogP contribution in [0.3, 0.4) is 0 Å². The first-order valence-electron chi connectivity index (χ1n) is 12.3. The summed E-state index contributed by atoms with van der Waals surface area (Å²) in [5.74, 6) is -3.29. The van der Waals surface area contributed by atoms with Crippen LogP contribution in [0.1, 0.15) is 75.0 Å². The van der Waals surface area contributed by atoms with E-state index >= 15 is 0 Å². The Morgan fingerprint density at radius 2 is 1.03 bits per heavy atom. The average molecular weight is 623 g/mol. The summed E-state index contributed by atoms with van der Waals surface area (Å²) in [7, 11) is 0. The second kappa shape index (κ2) is 21.0. The summed E-state index contributed by atoms with van der Waals surface area (Å²) in [6.45, 7) is 7.78. The van der Waals surface area contributed by atoms with Gasteiger partial charge >= 0.3 is 69.5 Å². The van der Waals surface area contributed by atoms with E-state index < -0.39 is 23.8 Å². The van der Waals surface area contributed by atoms with Gasteiger partial charge in [0.05, 0.1) is 0 Å². The second-order valence-electron chi connectivity index (χ2n) is 8.38. The van der Waals surface area contributed by atoms with Crippen molar-refractivity contribution in [3.63, 3.8) is 0 Å².